The number of ether oxygens (including phenoxy) is 4. The Hall–Kier alpha value is -4.68. The van der Waals surface area contributed by atoms with E-state index in [0.717, 1.165) is 12.0 Å². The van der Waals surface area contributed by atoms with Crippen LogP contribution in [0.1, 0.15) is 58.5 Å². The molecule has 3 heterocycles. The van der Waals surface area contributed by atoms with E-state index in [1.807, 2.05) is 67.8 Å². The first-order valence-electron chi connectivity index (χ1n) is 15.6. The van der Waals surface area contributed by atoms with Gasteiger partial charge in [0.05, 0.1) is 21.3 Å². The van der Waals surface area contributed by atoms with Crippen LogP contribution >= 0.6 is 11.9 Å². The maximum absolute atomic E-state index is 6.05. The molecule has 0 aliphatic rings. The van der Waals surface area contributed by atoms with Gasteiger partial charge in [-0.2, -0.15) is 0 Å². The van der Waals surface area contributed by atoms with Crippen LogP contribution in [0.15, 0.2) is 85.2 Å². The number of para-hydroxylation sites is 1. The van der Waals surface area contributed by atoms with Gasteiger partial charge in [-0.05, 0) is 76.7 Å². The van der Waals surface area contributed by atoms with Crippen molar-refractivity contribution < 1.29 is 18.9 Å². The number of allylic oxidation sites excluding steroid dienone is 5. The Kier molecular flexibility index (Phi) is 18.1. The minimum atomic E-state index is -0.301. The predicted octanol–water partition coefficient (Wildman–Crippen LogP) is 8.40. The Morgan fingerprint density at radius 1 is 0.979 bits per heavy atom. The van der Waals surface area contributed by atoms with Gasteiger partial charge >= 0.3 is 0 Å². The fraction of sp³-hybridized carbons (Fsp3) is 0.361. The lowest BCUT2D eigenvalue weighted by Crippen LogP contribution is -2.14. The van der Waals surface area contributed by atoms with E-state index in [0.29, 0.717) is 58.7 Å². The Bertz CT molecular complexity index is 1560. The topological polar surface area (TPSA) is 118 Å². The molecule has 0 aliphatic carbocycles. The van der Waals surface area contributed by atoms with Crippen LogP contribution < -0.4 is 18.9 Å². The van der Waals surface area contributed by atoms with E-state index in [-0.39, 0.29) is 6.10 Å². The third kappa shape index (κ3) is 12.2. The number of benzene rings is 1. The summed E-state index contributed by atoms with van der Waals surface area (Å²) in [5.74, 6) is 3.73. The summed E-state index contributed by atoms with van der Waals surface area (Å²) in [6, 6.07) is 11.0. The summed E-state index contributed by atoms with van der Waals surface area (Å²) in [7, 11) is 4.77. The standard InChI is InChI=1S/C26H31N7O4S.C5H10.C5H8/c1-6-13-37-21(24-27-14-17(2)15-28-24)16-38-32-26-31-30-25(18-9-7-12-22(29-18)36-5)33(26)23-19(34-3)10-8-11-20(23)35-4;1-4-5(2)3;1-3-5-4-2/h7-12,14-15,21H,6,13,16H2,1-5H3,(H,31,32);4H,1-3H3;3-5H,1H2,2H3/b;;5-4-. The van der Waals surface area contributed by atoms with E-state index < -0.39 is 0 Å². The summed E-state index contributed by atoms with van der Waals surface area (Å²) in [6.45, 7) is 16.2. The van der Waals surface area contributed by atoms with Crippen LogP contribution in [0.4, 0.5) is 5.95 Å². The Balaban J connectivity index is 0.000000700. The predicted molar refractivity (Wildman–Crippen MR) is 196 cm³/mol. The monoisotopic (exact) mass is 675 g/mol. The largest absolute Gasteiger partial charge is 0.494 e. The molecule has 0 fully saturated rings. The third-order valence-electron chi connectivity index (χ3n) is 6.37. The summed E-state index contributed by atoms with van der Waals surface area (Å²) in [4.78, 5) is 13.5. The van der Waals surface area contributed by atoms with Crippen LogP contribution in [0.25, 0.3) is 17.2 Å². The van der Waals surface area contributed by atoms with Gasteiger partial charge < -0.3 is 18.9 Å². The highest BCUT2D eigenvalue weighted by atomic mass is 32.2. The number of rotatable bonds is 14. The van der Waals surface area contributed by atoms with Crippen LogP contribution in [-0.4, -0.2) is 63.4 Å². The second-order valence-electron chi connectivity index (χ2n) is 10.3. The van der Waals surface area contributed by atoms with Crippen molar-refractivity contribution in [2.45, 2.75) is 54.1 Å². The molecule has 1 unspecified atom stereocenters. The van der Waals surface area contributed by atoms with Crippen LogP contribution in [0.3, 0.4) is 0 Å². The van der Waals surface area contributed by atoms with Crippen molar-refractivity contribution in [3.63, 3.8) is 0 Å². The molecule has 1 N–H and O–H groups in total. The lowest BCUT2D eigenvalue weighted by molar-refractivity contribution is 0.0635. The molecule has 11 nitrogen and oxygen atoms in total. The number of nitrogens with zero attached hydrogens (tertiary/aromatic N) is 6. The van der Waals surface area contributed by atoms with Crippen molar-refractivity contribution in [3.05, 3.63) is 96.6 Å². The highest BCUT2D eigenvalue weighted by Gasteiger charge is 2.24. The summed E-state index contributed by atoms with van der Waals surface area (Å²) in [6.07, 6.45) is 11.8. The van der Waals surface area contributed by atoms with E-state index in [1.165, 1.54) is 17.5 Å². The SMILES string of the molecule is C=C/C=C\C.CC=C(C)C.CCCOC(CSNc1nnc(-c2cccc(OC)n2)n1-c1c(OC)cccc1OC)c1ncc(C)cn1. The van der Waals surface area contributed by atoms with Gasteiger partial charge in [0.25, 0.3) is 0 Å². The first kappa shape index (κ1) is 39.5. The van der Waals surface area contributed by atoms with Gasteiger partial charge in [0, 0.05) is 30.8 Å². The minimum Gasteiger partial charge on any atom is -0.494 e. The van der Waals surface area contributed by atoms with Gasteiger partial charge in [-0.25, -0.2) is 15.0 Å². The quantitative estimate of drug-likeness (QED) is 0.0788. The normalized spacial score (nSPS) is 10.9. The van der Waals surface area contributed by atoms with E-state index in [9.17, 15) is 0 Å². The van der Waals surface area contributed by atoms with Gasteiger partial charge in [0.15, 0.2) is 11.6 Å². The van der Waals surface area contributed by atoms with Gasteiger partial charge in [-0.3, -0.25) is 9.29 Å². The smallest absolute Gasteiger partial charge is 0.239 e. The Labute approximate surface area is 289 Å². The van der Waals surface area contributed by atoms with Gasteiger partial charge in [0.1, 0.15) is 29.0 Å². The third-order valence-corrected chi connectivity index (χ3v) is 7.16. The summed E-state index contributed by atoms with van der Waals surface area (Å²) < 4.78 is 27.9. The highest BCUT2D eigenvalue weighted by Crippen LogP contribution is 2.38. The molecular weight excluding hydrogens is 627 g/mol. The minimum absolute atomic E-state index is 0.301. The molecule has 0 bridgehead atoms. The Morgan fingerprint density at radius 3 is 2.15 bits per heavy atom. The Morgan fingerprint density at radius 2 is 1.62 bits per heavy atom. The molecule has 48 heavy (non-hydrogen) atoms. The number of nitrogens with one attached hydrogen (secondary N) is 1. The molecule has 4 rings (SSSR count). The van der Waals surface area contributed by atoms with E-state index in [1.54, 1.807) is 45.9 Å². The number of anilines is 1. The van der Waals surface area contributed by atoms with Crippen LogP contribution in [-0.2, 0) is 4.74 Å². The zero-order valence-corrected chi connectivity index (χ0v) is 30.4. The molecule has 0 saturated heterocycles. The van der Waals surface area contributed by atoms with E-state index in [2.05, 4.69) is 63.3 Å². The van der Waals surface area contributed by atoms with Crippen LogP contribution in [0.2, 0.25) is 0 Å². The molecular formula is C36H49N7O4S. The number of pyridine rings is 1. The zero-order chi connectivity index (χ0) is 35.3. The second kappa shape index (κ2) is 22.0. The summed E-state index contributed by atoms with van der Waals surface area (Å²) >= 11 is 1.41. The summed E-state index contributed by atoms with van der Waals surface area (Å²) in [5.41, 5.74) is 3.57. The molecule has 258 valence electrons. The number of aromatic nitrogens is 6. The first-order chi connectivity index (χ1) is 23.3. The molecule has 0 saturated carbocycles. The molecule has 1 atom stereocenters. The molecule has 0 amide bonds. The molecule has 4 aromatic rings. The first-order valence-corrected chi connectivity index (χ1v) is 16.6. The van der Waals surface area contributed by atoms with Gasteiger partial charge in [0.2, 0.25) is 11.8 Å². The van der Waals surface area contributed by atoms with Crippen molar-refractivity contribution in [2.75, 3.05) is 38.4 Å². The molecule has 1 aromatic carbocycles. The zero-order valence-electron chi connectivity index (χ0n) is 29.6. The number of hydrogen-bond acceptors (Lipinski definition) is 11. The second-order valence-corrected chi connectivity index (χ2v) is 11.1. The average molecular weight is 676 g/mol. The molecule has 0 aliphatic heterocycles. The van der Waals surface area contributed by atoms with Crippen molar-refractivity contribution >= 4 is 17.9 Å². The lowest BCUT2D eigenvalue weighted by atomic mass is 10.2. The van der Waals surface area contributed by atoms with Crippen molar-refractivity contribution in [1.82, 2.24) is 29.7 Å². The highest BCUT2D eigenvalue weighted by molar-refractivity contribution is 8.00. The number of aryl methyl sites for hydroxylation is 1. The van der Waals surface area contributed by atoms with Gasteiger partial charge in [-0.15, -0.1) is 10.2 Å². The average Bonchev–Trinajstić information content (AvgIpc) is 3.53. The fourth-order valence-electron chi connectivity index (χ4n) is 3.78. The van der Waals surface area contributed by atoms with Crippen molar-refractivity contribution in [1.29, 1.82) is 0 Å². The lowest BCUT2D eigenvalue weighted by Gasteiger charge is -2.18. The molecule has 3 aromatic heterocycles. The molecule has 12 heteroatoms. The summed E-state index contributed by atoms with van der Waals surface area (Å²) in [5, 5.41) is 8.89. The maximum Gasteiger partial charge on any atom is 0.239 e. The number of methoxy groups -OCH3 is 3. The van der Waals surface area contributed by atoms with Crippen molar-refractivity contribution in [2.24, 2.45) is 0 Å². The molecule has 0 spiro atoms. The van der Waals surface area contributed by atoms with Crippen molar-refractivity contribution in [3.8, 4) is 34.6 Å². The fourth-order valence-corrected chi connectivity index (χ4v) is 4.52. The van der Waals surface area contributed by atoms with Gasteiger partial charge in [-0.1, -0.05) is 55.5 Å². The molecule has 0 radical (unpaired) electrons. The van der Waals surface area contributed by atoms with E-state index >= 15 is 0 Å². The van der Waals surface area contributed by atoms with Crippen LogP contribution in [0, 0.1) is 6.92 Å². The van der Waals surface area contributed by atoms with Crippen LogP contribution in [0.5, 0.6) is 17.4 Å². The number of hydrogen-bond donors (Lipinski definition) is 1. The van der Waals surface area contributed by atoms with E-state index in [4.69, 9.17) is 18.9 Å². The maximum atomic E-state index is 6.05.